The van der Waals surface area contributed by atoms with E-state index in [4.69, 9.17) is 4.74 Å². The number of rotatable bonds is 3. The molecule has 2 heterocycles. The van der Waals surface area contributed by atoms with Crippen molar-refractivity contribution in [1.82, 2.24) is 9.80 Å². The molecule has 2 fully saturated rings. The van der Waals surface area contributed by atoms with Crippen molar-refractivity contribution in [1.29, 1.82) is 0 Å². The molecule has 16 heavy (non-hydrogen) atoms. The van der Waals surface area contributed by atoms with E-state index in [1.165, 1.54) is 38.9 Å². The standard InChI is InChI=1S/C13H26N2O/c1-11(2)15-9-12(13(10-15)16-3)14-7-5-4-6-8-14/h11-13H,4-10H2,1-3H3. The Labute approximate surface area is 99.7 Å². The molecule has 0 radical (unpaired) electrons. The molecule has 0 amide bonds. The van der Waals surface area contributed by atoms with E-state index >= 15 is 0 Å². The second-order valence-electron chi connectivity index (χ2n) is 5.49. The lowest BCUT2D eigenvalue weighted by molar-refractivity contribution is 0.0353. The van der Waals surface area contributed by atoms with Crippen LogP contribution >= 0.6 is 0 Å². The molecule has 0 aliphatic carbocycles. The van der Waals surface area contributed by atoms with Gasteiger partial charge in [0.1, 0.15) is 0 Å². The lowest BCUT2D eigenvalue weighted by Crippen LogP contribution is -2.46. The predicted molar refractivity (Wildman–Crippen MR) is 66.7 cm³/mol. The molecule has 0 bridgehead atoms. The van der Waals surface area contributed by atoms with Crippen LogP contribution in [0.5, 0.6) is 0 Å². The molecule has 0 aromatic heterocycles. The van der Waals surface area contributed by atoms with E-state index in [1.807, 2.05) is 7.11 Å². The average Bonchev–Trinajstić information content (AvgIpc) is 2.74. The van der Waals surface area contributed by atoms with Gasteiger partial charge < -0.3 is 4.74 Å². The van der Waals surface area contributed by atoms with Gasteiger partial charge in [-0.15, -0.1) is 0 Å². The van der Waals surface area contributed by atoms with Crippen molar-refractivity contribution in [2.45, 2.75) is 51.3 Å². The number of likely N-dealkylation sites (tertiary alicyclic amines) is 2. The summed E-state index contributed by atoms with van der Waals surface area (Å²) in [5.74, 6) is 0. The van der Waals surface area contributed by atoms with Gasteiger partial charge in [0.15, 0.2) is 0 Å². The van der Waals surface area contributed by atoms with Crippen LogP contribution in [0.4, 0.5) is 0 Å². The fraction of sp³-hybridized carbons (Fsp3) is 1.00. The van der Waals surface area contributed by atoms with Crippen molar-refractivity contribution in [2.75, 3.05) is 33.3 Å². The highest BCUT2D eigenvalue weighted by atomic mass is 16.5. The zero-order valence-corrected chi connectivity index (χ0v) is 11.0. The fourth-order valence-corrected chi connectivity index (χ4v) is 3.04. The molecular weight excluding hydrogens is 200 g/mol. The molecule has 2 rings (SSSR count). The monoisotopic (exact) mass is 226 g/mol. The molecule has 3 nitrogen and oxygen atoms in total. The Bertz CT molecular complexity index is 214. The highest BCUT2D eigenvalue weighted by Crippen LogP contribution is 2.23. The summed E-state index contributed by atoms with van der Waals surface area (Å²) in [6.07, 6.45) is 4.57. The number of piperidine rings is 1. The molecule has 2 unspecified atom stereocenters. The first-order chi connectivity index (χ1) is 7.72. The van der Waals surface area contributed by atoms with Crippen molar-refractivity contribution in [3.63, 3.8) is 0 Å². The zero-order chi connectivity index (χ0) is 11.5. The Morgan fingerprint density at radius 3 is 2.31 bits per heavy atom. The maximum atomic E-state index is 5.67. The van der Waals surface area contributed by atoms with E-state index in [-0.39, 0.29) is 0 Å². The van der Waals surface area contributed by atoms with Crippen molar-refractivity contribution >= 4 is 0 Å². The van der Waals surface area contributed by atoms with E-state index in [9.17, 15) is 0 Å². The van der Waals surface area contributed by atoms with Gasteiger partial charge in [0, 0.05) is 32.3 Å². The second kappa shape index (κ2) is 5.48. The number of ether oxygens (including phenoxy) is 1. The van der Waals surface area contributed by atoms with Crippen LogP contribution in [-0.2, 0) is 4.74 Å². The van der Waals surface area contributed by atoms with Crippen molar-refractivity contribution in [3.05, 3.63) is 0 Å². The fourth-order valence-electron chi connectivity index (χ4n) is 3.04. The molecular formula is C13H26N2O. The van der Waals surface area contributed by atoms with Gasteiger partial charge in [-0.3, -0.25) is 9.80 Å². The number of hydrogen-bond donors (Lipinski definition) is 0. The predicted octanol–water partition coefficient (Wildman–Crippen LogP) is 1.58. The van der Waals surface area contributed by atoms with Gasteiger partial charge in [-0.1, -0.05) is 6.42 Å². The normalized spacial score (nSPS) is 33.8. The number of nitrogens with zero attached hydrogens (tertiary/aromatic N) is 2. The SMILES string of the molecule is COC1CN(C(C)C)CC1N1CCCCC1. The van der Waals surface area contributed by atoms with Crippen molar-refractivity contribution in [3.8, 4) is 0 Å². The molecule has 0 saturated carbocycles. The Balaban J connectivity index is 1.96. The Hall–Kier alpha value is -0.120. The molecule has 0 aromatic rings. The Morgan fingerprint density at radius 2 is 1.75 bits per heavy atom. The topological polar surface area (TPSA) is 15.7 Å². The first-order valence-electron chi connectivity index (χ1n) is 6.73. The van der Waals surface area contributed by atoms with Gasteiger partial charge in [0.2, 0.25) is 0 Å². The first-order valence-corrected chi connectivity index (χ1v) is 6.73. The third kappa shape index (κ3) is 2.58. The van der Waals surface area contributed by atoms with Gasteiger partial charge in [-0.2, -0.15) is 0 Å². The number of methoxy groups -OCH3 is 1. The molecule has 2 aliphatic heterocycles. The van der Waals surface area contributed by atoms with Gasteiger partial charge in [0.05, 0.1) is 6.10 Å². The van der Waals surface area contributed by atoms with E-state index in [2.05, 4.69) is 23.6 Å². The smallest absolute Gasteiger partial charge is 0.0865 e. The molecule has 0 N–H and O–H groups in total. The van der Waals surface area contributed by atoms with Crippen LogP contribution in [0.1, 0.15) is 33.1 Å². The lowest BCUT2D eigenvalue weighted by Gasteiger charge is -2.34. The quantitative estimate of drug-likeness (QED) is 0.726. The van der Waals surface area contributed by atoms with Crippen LogP contribution in [0.25, 0.3) is 0 Å². The maximum Gasteiger partial charge on any atom is 0.0865 e. The zero-order valence-electron chi connectivity index (χ0n) is 11.0. The average molecular weight is 226 g/mol. The Kier molecular flexibility index (Phi) is 4.22. The summed E-state index contributed by atoms with van der Waals surface area (Å²) in [5, 5.41) is 0. The van der Waals surface area contributed by atoms with Crippen LogP contribution in [0, 0.1) is 0 Å². The molecule has 94 valence electrons. The van der Waals surface area contributed by atoms with Gasteiger partial charge >= 0.3 is 0 Å². The minimum atomic E-state index is 0.417. The molecule has 2 atom stereocenters. The van der Waals surface area contributed by atoms with E-state index in [0.29, 0.717) is 18.2 Å². The first kappa shape index (κ1) is 12.3. The molecule has 0 spiro atoms. The lowest BCUT2D eigenvalue weighted by atomic mass is 10.1. The van der Waals surface area contributed by atoms with Gasteiger partial charge in [0.25, 0.3) is 0 Å². The largest absolute Gasteiger partial charge is 0.378 e. The summed E-state index contributed by atoms with van der Waals surface area (Å²) < 4.78 is 5.67. The summed E-state index contributed by atoms with van der Waals surface area (Å²) in [4.78, 5) is 5.20. The van der Waals surface area contributed by atoms with Crippen molar-refractivity contribution < 1.29 is 4.74 Å². The van der Waals surface area contributed by atoms with Crippen molar-refractivity contribution in [2.24, 2.45) is 0 Å². The van der Waals surface area contributed by atoms with Crippen LogP contribution in [0.15, 0.2) is 0 Å². The van der Waals surface area contributed by atoms with Gasteiger partial charge in [-0.05, 0) is 39.8 Å². The summed E-state index contributed by atoms with van der Waals surface area (Å²) in [6.45, 7) is 9.41. The van der Waals surface area contributed by atoms with Gasteiger partial charge in [-0.25, -0.2) is 0 Å². The van der Waals surface area contributed by atoms with E-state index in [1.54, 1.807) is 0 Å². The third-order valence-corrected chi connectivity index (χ3v) is 4.16. The molecule has 2 aliphatic rings. The molecule has 2 saturated heterocycles. The highest BCUT2D eigenvalue weighted by Gasteiger charge is 2.37. The summed E-state index contributed by atoms with van der Waals surface area (Å²) in [5.41, 5.74) is 0. The van der Waals surface area contributed by atoms with Crippen LogP contribution < -0.4 is 0 Å². The number of hydrogen-bond acceptors (Lipinski definition) is 3. The third-order valence-electron chi connectivity index (χ3n) is 4.16. The second-order valence-corrected chi connectivity index (χ2v) is 5.49. The summed E-state index contributed by atoms with van der Waals surface area (Å²) in [7, 11) is 1.87. The molecule has 0 aromatic carbocycles. The summed E-state index contributed by atoms with van der Waals surface area (Å²) >= 11 is 0. The van der Waals surface area contributed by atoms with Crippen LogP contribution in [0.3, 0.4) is 0 Å². The minimum absolute atomic E-state index is 0.417. The minimum Gasteiger partial charge on any atom is -0.378 e. The van der Waals surface area contributed by atoms with E-state index < -0.39 is 0 Å². The van der Waals surface area contributed by atoms with Crippen LogP contribution in [-0.4, -0.2) is 61.3 Å². The highest BCUT2D eigenvalue weighted by molar-refractivity contribution is 4.93. The maximum absolute atomic E-state index is 5.67. The summed E-state index contributed by atoms with van der Waals surface area (Å²) in [6, 6.07) is 1.28. The Morgan fingerprint density at radius 1 is 1.06 bits per heavy atom. The van der Waals surface area contributed by atoms with E-state index in [0.717, 1.165) is 6.54 Å². The van der Waals surface area contributed by atoms with Crippen LogP contribution in [0.2, 0.25) is 0 Å². The molecule has 3 heteroatoms.